The highest BCUT2D eigenvalue weighted by atomic mass is 19.1. The van der Waals surface area contributed by atoms with E-state index in [4.69, 9.17) is 5.73 Å². The van der Waals surface area contributed by atoms with E-state index in [0.717, 1.165) is 23.6 Å². The van der Waals surface area contributed by atoms with E-state index >= 15 is 0 Å². The minimum absolute atomic E-state index is 0.269. The van der Waals surface area contributed by atoms with Gasteiger partial charge in [0.05, 0.1) is 6.20 Å². The summed E-state index contributed by atoms with van der Waals surface area (Å²) in [4.78, 5) is 0. The molecule has 2 aromatic rings. The molecule has 0 radical (unpaired) electrons. The number of halogens is 1. The molecule has 1 aromatic carbocycles. The Morgan fingerprint density at radius 2 is 2.05 bits per heavy atom. The van der Waals surface area contributed by atoms with Crippen molar-refractivity contribution in [1.29, 1.82) is 0 Å². The minimum Gasteiger partial charge on any atom is -0.398 e. The van der Waals surface area contributed by atoms with Gasteiger partial charge in [0.15, 0.2) is 0 Å². The van der Waals surface area contributed by atoms with Gasteiger partial charge in [-0.2, -0.15) is 5.10 Å². The molecule has 1 aromatic heterocycles. The van der Waals surface area contributed by atoms with Gasteiger partial charge in [-0.25, -0.2) is 4.39 Å². The van der Waals surface area contributed by atoms with Gasteiger partial charge < -0.3 is 5.73 Å². The first kappa shape index (κ1) is 13.2. The Kier molecular flexibility index (Phi) is 3.72. The lowest BCUT2D eigenvalue weighted by Crippen LogP contribution is -2.14. The third kappa shape index (κ3) is 2.84. The van der Waals surface area contributed by atoms with E-state index in [1.807, 2.05) is 10.9 Å². The van der Waals surface area contributed by atoms with Gasteiger partial charge in [0.25, 0.3) is 0 Å². The van der Waals surface area contributed by atoms with Crippen molar-refractivity contribution in [3.63, 3.8) is 0 Å². The molecule has 1 aliphatic rings. The predicted molar refractivity (Wildman–Crippen MR) is 78.6 cm³/mol. The number of rotatable bonds is 3. The fourth-order valence-corrected chi connectivity index (χ4v) is 3.02. The number of benzene rings is 1. The molecule has 0 aliphatic heterocycles. The second-order valence-electron chi connectivity index (χ2n) is 5.69. The van der Waals surface area contributed by atoms with Crippen LogP contribution in [-0.4, -0.2) is 9.78 Å². The molecule has 0 spiro atoms. The Hall–Kier alpha value is -1.84. The van der Waals surface area contributed by atoms with Crippen LogP contribution in [0.1, 0.15) is 32.1 Å². The van der Waals surface area contributed by atoms with E-state index in [1.54, 1.807) is 12.3 Å². The van der Waals surface area contributed by atoms with Crippen molar-refractivity contribution in [1.82, 2.24) is 9.78 Å². The van der Waals surface area contributed by atoms with E-state index in [1.165, 1.54) is 44.2 Å². The van der Waals surface area contributed by atoms with Crippen LogP contribution in [0.4, 0.5) is 10.1 Å². The fraction of sp³-hybridized carbons (Fsp3) is 0.438. The number of hydrogen-bond donors (Lipinski definition) is 1. The Morgan fingerprint density at radius 3 is 2.85 bits per heavy atom. The largest absolute Gasteiger partial charge is 0.398 e. The summed E-state index contributed by atoms with van der Waals surface area (Å²) in [5.41, 5.74) is 8.11. The zero-order chi connectivity index (χ0) is 13.9. The van der Waals surface area contributed by atoms with E-state index in [-0.39, 0.29) is 5.82 Å². The Morgan fingerprint density at radius 1 is 1.25 bits per heavy atom. The van der Waals surface area contributed by atoms with E-state index in [9.17, 15) is 4.39 Å². The normalized spacial score (nSPS) is 16.4. The lowest BCUT2D eigenvalue weighted by molar-refractivity contribution is 0.308. The zero-order valence-corrected chi connectivity index (χ0v) is 11.6. The summed E-state index contributed by atoms with van der Waals surface area (Å²) in [5, 5.41) is 4.40. The first-order valence-corrected chi connectivity index (χ1v) is 7.30. The first-order chi connectivity index (χ1) is 9.72. The summed E-state index contributed by atoms with van der Waals surface area (Å²) in [5.74, 6) is 0.454. The maximum atomic E-state index is 13.3. The van der Waals surface area contributed by atoms with Gasteiger partial charge in [0.1, 0.15) is 5.82 Å². The molecule has 4 heteroatoms. The third-order valence-electron chi connectivity index (χ3n) is 4.13. The van der Waals surface area contributed by atoms with Gasteiger partial charge in [0.2, 0.25) is 0 Å². The summed E-state index contributed by atoms with van der Waals surface area (Å²) in [6.07, 6.45) is 10.3. The van der Waals surface area contributed by atoms with Gasteiger partial charge >= 0.3 is 0 Å². The maximum Gasteiger partial charge on any atom is 0.123 e. The molecular formula is C16H20FN3. The highest BCUT2D eigenvalue weighted by Gasteiger charge is 2.15. The quantitative estimate of drug-likeness (QED) is 0.863. The van der Waals surface area contributed by atoms with Crippen molar-refractivity contribution < 1.29 is 4.39 Å². The second-order valence-corrected chi connectivity index (χ2v) is 5.69. The molecule has 2 N–H and O–H groups in total. The lowest BCUT2D eigenvalue weighted by Gasteiger charge is -2.21. The molecule has 1 aliphatic carbocycles. The standard InChI is InChI=1S/C16H20FN3/c17-14-6-7-16(18)15(8-14)13-9-19-20(11-13)10-12-4-2-1-3-5-12/h6-9,11-12H,1-5,10,18H2. The van der Waals surface area contributed by atoms with E-state index in [2.05, 4.69) is 5.10 Å². The van der Waals surface area contributed by atoms with Crippen LogP contribution < -0.4 is 5.73 Å². The summed E-state index contributed by atoms with van der Waals surface area (Å²) < 4.78 is 15.3. The molecule has 1 fully saturated rings. The monoisotopic (exact) mass is 273 g/mol. The van der Waals surface area contributed by atoms with Crippen molar-refractivity contribution in [2.45, 2.75) is 38.6 Å². The molecule has 3 nitrogen and oxygen atoms in total. The molecule has 1 heterocycles. The van der Waals surface area contributed by atoms with Crippen LogP contribution in [0.2, 0.25) is 0 Å². The summed E-state index contributed by atoms with van der Waals surface area (Å²) in [6, 6.07) is 4.45. The fourth-order valence-electron chi connectivity index (χ4n) is 3.02. The average Bonchev–Trinajstić information content (AvgIpc) is 2.91. The third-order valence-corrected chi connectivity index (χ3v) is 4.13. The van der Waals surface area contributed by atoms with Crippen molar-refractivity contribution >= 4 is 5.69 Å². The number of anilines is 1. The van der Waals surface area contributed by atoms with Crippen molar-refractivity contribution in [2.24, 2.45) is 5.92 Å². The van der Waals surface area contributed by atoms with E-state index < -0.39 is 0 Å². The Labute approximate surface area is 118 Å². The first-order valence-electron chi connectivity index (χ1n) is 7.30. The molecule has 1 saturated carbocycles. The van der Waals surface area contributed by atoms with Gasteiger partial charge in [-0.15, -0.1) is 0 Å². The number of nitrogens with two attached hydrogens (primary N) is 1. The number of aromatic nitrogens is 2. The average molecular weight is 273 g/mol. The predicted octanol–water partition coefficient (Wildman–Crippen LogP) is 3.85. The van der Waals surface area contributed by atoms with Crippen LogP contribution >= 0.6 is 0 Å². The highest BCUT2D eigenvalue weighted by Crippen LogP contribution is 2.28. The molecule has 0 unspecified atom stereocenters. The van der Waals surface area contributed by atoms with Crippen LogP contribution in [0.25, 0.3) is 11.1 Å². The van der Waals surface area contributed by atoms with Crippen LogP contribution in [0.5, 0.6) is 0 Å². The van der Waals surface area contributed by atoms with Gasteiger partial charge in [-0.1, -0.05) is 19.3 Å². The second kappa shape index (κ2) is 5.65. The molecule has 20 heavy (non-hydrogen) atoms. The van der Waals surface area contributed by atoms with Crippen LogP contribution in [-0.2, 0) is 6.54 Å². The zero-order valence-electron chi connectivity index (χ0n) is 11.6. The summed E-state index contributed by atoms with van der Waals surface area (Å²) in [7, 11) is 0. The highest BCUT2D eigenvalue weighted by molar-refractivity contribution is 5.75. The Balaban J connectivity index is 1.77. The smallest absolute Gasteiger partial charge is 0.123 e. The van der Waals surface area contributed by atoms with E-state index in [0.29, 0.717) is 5.69 Å². The molecule has 106 valence electrons. The summed E-state index contributed by atoms with van der Waals surface area (Å²) >= 11 is 0. The minimum atomic E-state index is -0.269. The Bertz CT molecular complexity index is 585. The van der Waals surface area contributed by atoms with Gasteiger partial charge in [-0.3, -0.25) is 4.68 Å². The van der Waals surface area contributed by atoms with Crippen molar-refractivity contribution in [3.05, 3.63) is 36.4 Å². The van der Waals surface area contributed by atoms with Gasteiger partial charge in [-0.05, 0) is 37.0 Å². The lowest BCUT2D eigenvalue weighted by atomic mass is 9.89. The van der Waals surface area contributed by atoms with Crippen molar-refractivity contribution in [3.8, 4) is 11.1 Å². The van der Waals surface area contributed by atoms with Crippen LogP contribution in [0.3, 0.4) is 0 Å². The molecule has 0 amide bonds. The number of nitrogen functional groups attached to an aromatic ring is 1. The molecule has 0 saturated heterocycles. The number of nitrogens with zero attached hydrogens (tertiary/aromatic N) is 2. The molecule has 0 atom stereocenters. The topological polar surface area (TPSA) is 43.8 Å². The maximum absolute atomic E-state index is 13.3. The summed E-state index contributed by atoms with van der Waals surface area (Å²) in [6.45, 7) is 0.954. The molecular weight excluding hydrogens is 253 g/mol. The SMILES string of the molecule is Nc1ccc(F)cc1-c1cnn(CC2CCCCC2)c1. The molecule has 3 rings (SSSR count). The van der Waals surface area contributed by atoms with Crippen LogP contribution in [0.15, 0.2) is 30.6 Å². The number of hydrogen-bond acceptors (Lipinski definition) is 2. The van der Waals surface area contributed by atoms with Gasteiger partial charge in [0, 0.05) is 29.6 Å². The van der Waals surface area contributed by atoms with Crippen molar-refractivity contribution in [2.75, 3.05) is 5.73 Å². The van der Waals surface area contributed by atoms with Crippen LogP contribution in [0, 0.1) is 11.7 Å². The molecule has 0 bridgehead atoms.